The van der Waals surface area contributed by atoms with Crippen LogP contribution in [0.2, 0.25) is 5.02 Å². The van der Waals surface area contributed by atoms with Gasteiger partial charge in [-0.1, -0.05) is 50.6 Å². The van der Waals surface area contributed by atoms with Crippen LogP contribution < -0.4 is 15.0 Å². The maximum Gasteiger partial charge on any atom is 0.265 e. The van der Waals surface area contributed by atoms with Crippen molar-refractivity contribution in [2.24, 2.45) is 0 Å². The topological polar surface area (TPSA) is 58.6 Å². The first kappa shape index (κ1) is 19.2. The van der Waals surface area contributed by atoms with Gasteiger partial charge in [0.15, 0.2) is 6.61 Å². The molecule has 0 saturated heterocycles. The molecule has 6 heteroatoms. The molecule has 27 heavy (non-hydrogen) atoms. The first-order chi connectivity index (χ1) is 12.7. The van der Waals surface area contributed by atoms with Crippen molar-refractivity contribution >= 4 is 34.8 Å². The van der Waals surface area contributed by atoms with E-state index in [0.29, 0.717) is 22.1 Å². The van der Waals surface area contributed by atoms with E-state index in [2.05, 4.69) is 26.1 Å². The summed E-state index contributed by atoms with van der Waals surface area (Å²) in [4.78, 5) is 26.4. The Kier molecular flexibility index (Phi) is 5.16. The molecule has 0 unspecified atom stereocenters. The number of aryl methyl sites for hydroxylation is 1. The number of hydrogen-bond acceptors (Lipinski definition) is 3. The maximum absolute atomic E-state index is 12.6. The zero-order chi connectivity index (χ0) is 19.8. The molecule has 2 aromatic rings. The summed E-state index contributed by atoms with van der Waals surface area (Å²) in [6.07, 6.45) is 0. The Morgan fingerprint density at radius 3 is 2.67 bits per heavy atom. The molecule has 2 aromatic carbocycles. The molecule has 0 aromatic heterocycles. The summed E-state index contributed by atoms with van der Waals surface area (Å²) >= 11 is 6.17. The lowest BCUT2D eigenvalue weighted by atomic mass is 9.86. The zero-order valence-corrected chi connectivity index (χ0v) is 16.7. The van der Waals surface area contributed by atoms with E-state index in [9.17, 15) is 9.59 Å². The lowest BCUT2D eigenvalue weighted by Gasteiger charge is -2.30. The number of carbonyl (C=O) groups excluding carboxylic acids is 2. The van der Waals surface area contributed by atoms with E-state index in [4.69, 9.17) is 16.3 Å². The van der Waals surface area contributed by atoms with E-state index in [-0.39, 0.29) is 30.4 Å². The van der Waals surface area contributed by atoms with Gasteiger partial charge in [-0.05, 0) is 41.7 Å². The number of anilines is 2. The molecular formula is C21H23ClN2O3. The molecule has 1 N–H and O–H groups in total. The van der Waals surface area contributed by atoms with Crippen molar-refractivity contribution in [3.8, 4) is 5.75 Å². The van der Waals surface area contributed by atoms with Crippen molar-refractivity contribution in [1.82, 2.24) is 0 Å². The molecule has 0 fully saturated rings. The van der Waals surface area contributed by atoms with Crippen LogP contribution in [0.25, 0.3) is 0 Å². The Balaban J connectivity index is 1.83. The summed E-state index contributed by atoms with van der Waals surface area (Å²) in [6.45, 7) is 8.01. The molecule has 0 saturated carbocycles. The highest BCUT2D eigenvalue weighted by Crippen LogP contribution is 2.36. The molecule has 5 nitrogen and oxygen atoms in total. The molecular weight excluding hydrogens is 364 g/mol. The van der Waals surface area contributed by atoms with Gasteiger partial charge in [0.05, 0.1) is 16.4 Å². The molecule has 1 aliphatic rings. The van der Waals surface area contributed by atoms with E-state index < -0.39 is 0 Å². The van der Waals surface area contributed by atoms with E-state index >= 15 is 0 Å². The third kappa shape index (κ3) is 4.08. The summed E-state index contributed by atoms with van der Waals surface area (Å²) < 4.78 is 5.60. The lowest BCUT2D eigenvalue weighted by Crippen LogP contribution is -2.43. The van der Waals surface area contributed by atoms with Gasteiger partial charge < -0.3 is 10.1 Å². The monoisotopic (exact) mass is 386 g/mol. The van der Waals surface area contributed by atoms with Crippen LogP contribution in [0.1, 0.15) is 31.9 Å². The van der Waals surface area contributed by atoms with Crippen LogP contribution in [0.4, 0.5) is 11.4 Å². The zero-order valence-electron chi connectivity index (χ0n) is 15.9. The summed E-state index contributed by atoms with van der Waals surface area (Å²) in [7, 11) is 0. The normalized spacial score (nSPS) is 13.8. The van der Waals surface area contributed by atoms with Crippen molar-refractivity contribution in [1.29, 1.82) is 0 Å². The molecule has 0 aliphatic carbocycles. The van der Waals surface area contributed by atoms with Gasteiger partial charge in [0.25, 0.3) is 5.91 Å². The van der Waals surface area contributed by atoms with Crippen molar-refractivity contribution < 1.29 is 14.3 Å². The SMILES string of the molecule is Cc1cccc(Cl)c1NC(=O)CN1C(=O)COc2cc(C(C)(C)C)ccc21. The number of halogens is 1. The average molecular weight is 387 g/mol. The second kappa shape index (κ2) is 7.24. The van der Waals surface area contributed by atoms with Gasteiger partial charge in [-0.15, -0.1) is 0 Å². The van der Waals surface area contributed by atoms with Gasteiger partial charge in [0.2, 0.25) is 5.91 Å². The fraction of sp³-hybridized carbons (Fsp3) is 0.333. The summed E-state index contributed by atoms with van der Waals surface area (Å²) in [5.74, 6) is 0.0492. The number of ether oxygens (including phenoxy) is 1. The molecule has 3 rings (SSSR count). The standard InChI is InChI=1S/C21H23ClN2O3/c1-13-6-5-7-15(22)20(13)23-18(25)11-24-16-9-8-14(21(2,3)4)10-17(16)27-12-19(24)26/h5-10H,11-12H2,1-4H3,(H,23,25). The van der Waals surface area contributed by atoms with E-state index in [1.54, 1.807) is 6.07 Å². The number of hydrogen-bond donors (Lipinski definition) is 1. The number of nitrogens with zero attached hydrogens (tertiary/aromatic N) is 1. The summed E-state index contributed by atoms with van der Waals surface area (Å²) in [5, 5.41) is 3.27. The number of fused-ring (bicyclic) bond motifs is 1. The Labute approximate surface area is 164 Å². The van der Waals surface area contributed by atoms with Crippen molar-refractivity contribution in [3.63, 3.8) is 0 Å². The Bertz CT molecular complexity index is 883. The highest BCUT2D eigenvalue weighted by Gasteiger charge is 2.29. The minimum absolute atomic E-state index is 0.0381. The molecule has 0 spiro atoms. The molecule has 1 aliphatic heterocycles. The second-order valence-corrected chi connectivity index (χ2v) is 8.09. The molecule has 2 amide bonds. The molecule has 0 radical (unpaired) electrons. The number of amides is 2. The third-order valence-electron chi connectivity index (χ3n) is 4.56. The van der Waals surface area contributed by atoms with Crippen LogP contribution in [-0.4, -0.2) is 25.0 Å². The van der Waals surface area contributed by atoms with E-state index in [1.165, 1.54) is 4.90 Å². The van der Waals surface area contributed by atoms with Crippen LogP contribution in [0, 0.1) is 6.92 Å². The highest BCUT2D eigenvalue weighted by molar-refractivity contribution is 6.34. The van der Waals surface area contributed by atoms with Crippen LogP contribution in [-0.2, 0) is 15.0 Å². The van der Waals surface area contributed by atoms with Crippen molar-refractivity contribution in [2.75, 3.05) is 23.4 Å². The lowest BCUT2D eigenvalue weighted by molar-refractivity contribution is -0.123. The summed E-state index contributed by atoms with van der Waals surface area (Å²) in [5.41, 5.74) is 3.09. The van der Waals surface area contributed by atoms with E-state index in [1.807, 2.05) is 37.3 Å². The largest absolute Gasteiger partial charge is 0.482 e. The maximum atomic E-state index is 12.6. The second-order valence-electron chi connectivity index (χ2n) is 7.68. The number of carbonyl (C=O) groups is 2. The predicted molar refractivity (Wildman–Crippen MR) is 108 cm³/mol. The number of benzene rings is 2. The molecule has 0 bridgehead atoms. The van der Waals surface area contributed by atoms with Gasteiger partial charge in [-0.2, -0.15) is 0 Å². The van der Waals surface area contributed by atoms with Crippen LogP contribution >= 0.6 is 11.6 Å². The number of para-hydroxylation sites is 1. The minimum Gasteiger partial charge on any atom is -0.482 e. The Hall–Kier alpha value is -2.53. The smallest absolute Gasteiger partial charge is 0.265 e. The van der Waals surface area contributed by atoms with Crippen molar-refractivity contribution in [2.45, 2.75) is 33.1 Å². The van der Waals surface area contributed by atoms with Crippen molar-refractivity contribution in [3.05, 3.63) is 52.5 Å². The van der Waals surface area contributed by atoms with Gasteiger partial charge in [0, 0.05) is 0 Å². The molecule has 1 heterocycles. The predicted octanol–water partition coefficient (Wildman–Crippen LogP) is 4.31. The van der Waals surface area contributed by atoms with Gasteiger partial charge in [0.1, 0.15) is 12.3 Å². The Morgan fingerprint density at radius 2 is 2.00 bits per heavy atom. The molecule has 0 atom stereocenters. The highest BCUT2D eigenvalue weighted by atomic mass is 35.5. The van der Waals surface area contributed by atoms with Gasteiger partial charge >= 0.3 is 0 Å². The number of rotatable bonds is 3. The number of nitrogens with one attached hydrogen (secondary N) is 1. The first-order valence-electron chi connectivity index (χ1n) is 8.79. The quantitative estimate of drug-likeness (QED) is 0.855. The Morgan fingerprint density at radius 1 is 1.26 bits per heavy atom. The fourth-order valence-corrected chi connectivity index (χ4v) is 3.23. The van der Waals surface area contributed by atoms with Crippen LogP contribution in [0.3, 0.4) is 0 Å². The minimum atomic E-state index is -0.313. The van der Waals surface area contributed by atoms with Gasteiger partial charge in [-0.3, -0.25) is 14.5 Å². The fourth-order valence-electron chi connectivity index (χ4n) is 2.96. The molecule has 142 valence electrons. The van der Waals surface area contributed by atoms with Gasteiger partial charge in [-0.25, -0.2) is 0 Å². The summed E-state index contributed by atoms with van der Waals surface area (Å²) in [6, 6.07) is 11.1. The van der Waals surface area contributed by atoms with Crippen LogP contribution in [0.5, 0.6) is 5.75 Å². The third-order valence-corrected chi connectivity index (χ3v) is 4.87. The average Bonchev–Trinajstić information content (AvgIpc) is 2.59. The first-order valence-corrected chi connectivity index (χ1v) is 9.17. The van der Waals surface area contributed by atoms with Crippen LogP contribution in [0.15, 0.2) is 36.4 Å². The van der Waals surface area contributed by atoms with E-state index in [0.717, 1.165) is 11.1 Å².